The lowest BCUT2D eigenvalue weighted by Crippen LogP contribution is -2.21. The van der Waals surface area contributed by atoms with Crippen molar-refractivity contribution in [1.82, 2.24) is 28.5 Å². The van der Waals surface area contributed by atoms with Gasteiger partial charge in [-0.05, 0) is 36.2 Å². The number of fused-ring (bicyclic) bond motifs is 4. The molecular weight excluding hydrogens is 468 g/mol. The van der Waals surface area contributed by atoms with Crippen LogP contribution in [-0.2, 0) is 12.2 Å². The number of aryl methyl sites for hydroxylation is 1. The molecule has 0 aliphatic rings. The minimum absolute atomic E-state index is 0.109. The number of hydrogen-bond donors (Lipinski definition) is 0. The SMILES string of the molecule is CCc1ccc(-n2c(=O)c3ccccc3n3c(SCc4cc(=O)n5ccsc5n4)nnc23)cc1. The van der Waals surface area contributed by atoms with Crippen molar-refractivity contribution < 1.29 is 0 Å². The molecule has 10 heteroatoms. The summed E-state index contributed by atoms with van der Waals surface area (Å²) >= 11 is 2.85. The highest BCUT2D eigenvalue weighted by Gasteiger charge is 2.18. The second-order valence-corrected chi connectivity index (χ2v) is 9.54. The van der Waals surface area contributed by atoms with Crippen LogP contribution in [0.25, 0.3) is 27.3 Å². The van der Waals surface area contributed by atoms with Crippen LogP contribution in [0.1, 0.15) is 18.2 Å². The van der Waals surface area contributed by atoms with Gasteiger partial charge in [0.1, 0.15) is 0 Å². The predicted octanol–water partition coefficient (Wildman–Crippen LogP) is 3.96. The fraction of sp³-hybridized carbons (Fsp3) is 0.125. The van der Waals surface area contributed by atoms with Crippen molar-refractivity contribution in [3.63, 3.8) is 0 Å². The zero-order valence-corrected chi connectivity index (χ0v) is 19.7. The van der Waals surface area contributed by atoms with E-state index in [0.717, 1.165) is 17.6 Å². The molecule has 0 spiro atoms. The van der Waals surface area contributed by atoms with Crippen molar-refractivity contribution >= 4 is 44.7 Å². The maximum atomic E-state index is 13.5. The number of hydrogen-bond acceptors (Lipinski definition) is 7. The molecule has 0 aliphatic carbocycles. The first-order valence-electron chi connectivity index (χ1n) is 10.7. The van der Waals surface area contributed by atoms with E-state index in [1.807, 2.05) is 58.3 Å². The van der Waals surface area contributed by atoms with Crippen molar-refractivity contribution in [2.75, 3.05) is 0 Å². The first-order valence-corrected chi connectivity index (χ1v) is 12.6. The molecule has 6 rings (SSSR count). The van der Waals surface area contributed by atoms with Crippen molar-refractivity contribution in [2.24, 2.45) is 0 Å². The van der Waals surface area contributed by atoms with Crippen molar-refractivity contribution in [2.45, 2.75) is 24.3 Å². The topological polar surface area (TPSA) is 86.6 Å². The van der Waals surface area contributed by atoms with Gasteiger partial charge in [-0.15, -0.1) is 21.5 Å². The van der Waals surface area contributed by atoms with Crippen LogP contribution in [0, 0.1) is 0 Å². The van der Waals surface area contributed by atoms with Gasteiger partial charge in [-0.3, -0.25) is 18.4 Å². The number of para-hydroxylation sites is 1. The molecule has 0 fully saturated rings. The molecule has 4 heterocycles. The van der Waals surface area contributed by atoms with Gasteiger partial charge >= 0.3 is 0 Å². The average molecular weight is 487 g/mol. The third-order valence-corrected chi connectivity index (χ3v) is 7.42. The maximum Gasteiger partial charge on any atom is 0.267 e. The summed E-state index contributed by atoms with van der Waals surface area (Å²) in [7, 11) is 0. The summed E-state index contributed by atoms with van der Waals surface area (Å²) in [5, 5.41) is 11.8. The number of thiazole rings is 1. The quantitative estimate of drug-likeness (QED) is 0.343. The molecule has 2 aromatic carbocycles. The molecule has 34 heavy (non-hydrogen) atoms. The Hall–Kier alpha value is -3.76. The molecule has 8 nitrogen and oxygen atoms in total. The molecule has 0 saturated carbocycles. The van der Waals surface area contributed by atoms with E-state index < -0.39 is 0 Å². The lowest BCUT2D eigenvalue weighted by molar-refractivity contribution is 0.928. The Morgan fingerprint density at radius 1 is 1.03 bits per heavy atom. The predicted molar refractivity (Wildman–Crippen MR) is 134 cm³/mol. The zero-order valence-electron chi connectivity index (χ0n) is 18.1. The van der Waals surface area contributed by atoms with Crippen LogP contribution in [0.4, 0.5) is 0 Å². The molecule has 168 valence electrons. The number of thioether (sulfide) groups is 1. The van der Waals surface area contributed by atoms with Crippen molar-refractivity contribution in [3.05, 3.63) is 98.1 Å². The van der Waals surface area contributed by atoms with Crippen LogP contribution >= 0.6 is 23.1 Å². The highest BCUT2D eigenvalue weighted by atomic mass is 32.2. The third kappa shape index (κ3) is 3.34. The van der Waals surface area contributed by atoms with Gasteiger partial charge in [0, 0.05) is 23.4 Å². The number of rotatable bonds is 5. The van der Waals surface area contributed by atoms with Gasteiger partial charge in [-0.1, -0.05) is 43.0 Å². The van der Waals surface area contributed by atoms with Gasteiger partial charge in [-0.25, -0.2) is 9.55 Å². The fourth-order valence-corrected chi connectivity index (χ4v) is 5.56. The van der Waals surface area contributed by atoms with Crippen LogP contribution in [0.5, 0.6) is 0 Å². The van der Waals surface area contributed by atoms with E-state index in [0.29, 0.717) is 32.7 Å². The Bertz CT molecular complexity index is 1800. The van der Waals surface area contributed by atoms with Crippen LogP contribution < -0.4 is 11.1 Å². The maximum absolute atomic E-state index is 13.5. The van der Waals surface area contributed by atoms with Crippen molar-refractivity contribution in [1.29, 1.82) is 0 Å². The summed E-state index contributed by atoms with van der Waals surface area (Å²) in [6.45, 7) is 2.09. The van der Waals surface area contributed by atoms with Crippen LogP contribution in [0.3, 0.4) is 0 Å². The molecule has 4 aromatic heterocycles. The standard InChI is InChI=1S/C24H18N6O2S2/c1-2-15-7-9-17(10-8-15)29-21(32)18-5-3-4-6-19(18)30-22(29)26-27-24(30)34-14-16-13-20(31)28-11-12-33-23(28)25-16/h3-13H,2,14H2,1H3. The minimum atomic E-state index is -0.144. The molecule has 0 amide bonds. The highest BCUT2D eigenvalue weighted by molar-refractivity contribution is 7.98. The zero-order chi connectivity index (χ0) is 23.2. The van der Waals surface area contributed by atoms with Crippen LogP contribution in [0.2, 0.25) is 0 Å². The Morgan fingerprint density at radius 2 is 1.85 bits per heavy atom. The Labute approximate surface area is 201 Å². The van der Waals surface area contributed by atoms with Gasteiger partial charge in [-0.2, -0.15) is 0 Å². The molecule has 0 N–H and O–H groups in total. The molecular formula is C24H18N6O2S2. The molecule has 0 unspecified atom stereocenters. The fourth-order valence-electron chi connectivity index (χ4n) is 3.99. The van der Waals surface area contributed by atoms with E-state index in [4.69, 9.17) is 0 Å². The Morgan fingerprint density at radius 3 is 2.68 bits per heavy atom. The van der Waals surface area contributed by atoms with Gasteiger partial charge in [0.25, 0.3) is 11.1 Å². The number of nitrogens with zero attached hydrogens (tertiary/aromatic N) is 6. The van der Waals surface area contributed by atoms with E-state index in [1.165, 1.54) is 33.1 Å². The summed E-state index contributed by atoms with van der Waals surface area (Å²) in [6.07, 6.45) is 2.64. The van der Waals surface area contributed by atoms with Gasteiger partial charge < -0.3 is 0 Å². The summed E-state index contributed by atoms with van der Waals surface area (Å²) in [5.74, 6) is 0.889. The van der Waals surface area contributed by atoms with E-state index in [2.05, 4.69) is 22.1 Å². The van der Waals surface area contributed by atoms with E-state index >= 15 is 0 Å². The number of aromatic nitrogens is 6. The smallest absolute Gasteiger partial charge is 0.267 e. The lowest BCUT2D eigenvalue weighted by atomic mass is 10.1. The lowest BCUT2D eigenvalue weighted by Gasteiger charge is -2.11. The Kier molecular flexibility index (Phi) is 5.04. The second kappa shape index (κ2) is 8.23. The number of benzene rings is 2. The summed E-state index contributed by atoms with van der Waals surface area (Å²) in [4.78, 5) is 31.0. The largest absolute Gasteiger partial charge is 0.269 e. The Balaban J connectivity index is 1.49. The summed E-state index contributed by atoms with van der Waals surface area (Å²) < 4.78 is 5.02. The van der Waals surface area contributed by atoms with Crippen LogP contribution in [0.15, 0.2) is 80.9 Å². The van der Waals surface area contributed by atoms with E-state index in [-0.39, 0.29) is 11.1 Å². The van der Waals surface area contributed by atoms with Gasteiger partial charge in [0.15, 0.2) is 10.1 Å². The molecule has 0 aliphatic heterocycles. The van der Waals surface area contributed by atoms with Gasteiger partial charge in [0.2, 0.25) is 5.78 Å². The molecule has 0 bridgehead atoms. The molecule has 0 radical (unpaired) electrons. The third-order valence-electron chi connectivity index (χ3n) is 5.70. The summed E-state index contributed by atoms with van der Waals surface area (Å²) in [6, 6.07) is 16.9. The highest BCUT2D eigenvalue weighted by Crippen LogP contribution is 2.25. The molecule has 0 saturated heterocycles. The first-order chi connectivity index (χ1) is 16.6. The minimum Gasteiger partial charge on any atom is -0.269 e. The monoisotopic (exact) mass is 486 g/mol. The molecule has 6 aromatic rings. The van der Waals surface area contributed by atoms with Gasteiger partial charge in [0.05, 0.1) is 22.3 Å². The van der Waals surface area contributed by atoms with E-state index in [1.54, 1.807) is 16.8 Å². The average Bonchev–Trinajstić information content (AvgIpc) is 3.51. The first kappa shape index (κ1) is 20.8. The van der Waals surface area contributed by atoms with Crippen LogP contribution in [-0.4, -0.2) is 28.5 Å². The summed E-state index contributed by atoms with van der Waals surface area (Å²) in [5.41, 5.74) is 3.08. The van der Waals surface area contributed by atoms with E-state index in [9.17, 15) is 9.59 Å². The second-order valence-electron chi connectivity index (χ2n) is 7.73. The van der Waals surface area contributed by atoms with Crippen molar-refractivity contribution in [3.8, 4) is 5.69 Å². The normalized spacial score (nSPS) is 11.7. The molecule has 0 atom stereocenters.